The van der Waals surface area contributed by atoms with Gasteiger partial charge in [0.2, 0.25) is 0 Å². The molecule has 0 unspecified atom stereocenters. The second kappa shape index (κ2) is 5.20. The van der Waals surface area contributed by atoms with Crippen LogP contribution in [-0.2, 0) is 14.2 Å². The van der Waals surface area contributed by atoms with E-state index in [0.717, 1.165) is 65.4 Å². The third-order valence-corrected chi connectivity index (χ3v) is 3.78. The molecule has 0 radical (unpaired) electrons. The standard InChI is InChI=1S/C12H22N2O3/c1(5-14-6-3-13-4-7-14)2-12-15-8-11(9-16-12)10-17-12/h11,13H,1-10H2. The Labute approximate surface area is 102 Å². The summed E-state index contributed by atoms with van der Waals surface area (Å²) in [5, 5.41) is 3.36. The fourth-order valence-corrected chi connectivity index (χ4v) is 2.67. The summed E-state index contributed by atoms with van der Waals surface area (Å²) in [7, 11) is 0. The van der Waals surface area contributed by atoms with Gasteiger partial charge in [-0.2, -0.15) is 0 Å². The van der Waals surface area contributed by atoms with Gasteiger partial charge in [-0.25, -0.2) is 0 Å². The van der Waals surface area contributed by atoms with Crippen LogP contribution >= 0.6 is 0 Å². The first kappa shape index (κ1) is 11.9. The zero-order valence-electron chi connectivity index (χ0n) is 10.3. The Morgan fingerprint density at radius 3 is 2.35 bits per heavy atom. The minimum Gasteiger partial charge on any atom is -0.327 e. The summed E-state index contributed by atoms with van der Waals surface area (Å²) >= 11 is 0. The predicted octanol–water partition coefficient (Wildman–Crippen LogP) is 0.0188. The van der Waals surface area contributed by atoms with Crippen molar-refractivity contribution < 1.29 is 14.2 Å². The number of nitrogens with zero attached hydrogens (tertiary/aromatic N) is 1. The molecule has 17 heavy (non-hydrogen) atoms. The van der Waals surface area contributed by atoms with Crippen molar-refractivity contribution in [1.29, 1.82) is 0 Å². The van der Waals surface area contributed by atoms with E-state index in [2.05, 4.69) is 10.2 Å². The lowest BCUT2D eigenvalue weighted by atomic mass is 10.1. The van der Waals surface area contributed by atoms with Gasteiger partial charge in [0.1, 0.15) is 0 Å². The van der Waals surface area contributed by atoms with Crippen molar-refractivity contribution in [2.24, 2.45) is 5.92 Å². The molecule has 0 spiro atoms. The van der Waals surface area contributed by atoms with Crippen molar-refractivity contribution in [3.8, 4) is 0 Å². The SMILES string of the molecule is C(CN1CCNCC1)CC12OCC(CO1)CO2. The Morgan fingerprint density at radius 1 is 1.06 bits per heavy atom. The quantitative estimate of drug-likeness (QED) is 0.753. The summed E-state index contributed by atoms with van der Waals surface area (Å²) in [6.07, 6.45) is 1.92. The number of hydrogen-bond acceptors (Lipinski definition) is 5. The van der Waals surface area contributed by atoms with Crippen molar-refractivity contribution in [1.82, 2.24) is 10.2 Å². The Kier molecular flexibility index (Phi) is 3.63. The molecule has 4 aliphatic rings. The van der Waals surface area contributed by atoms with E-state index in [0.29, 0.717) is 5.92 Å². The maximum atomic E-state index is 5.68. The molecule has 4 heterocycles. The molecule has 5 heteroatoms. The molecule has 4 aliphatic heterocycles. The third-order valence-electron chi connectivity index (χ3n) is 3.78. The highest BCUT2D eigenvalue weighted by Gasteiger charge is 2.44. The molecule has 4 saturated heterocycles. The number of ether oxygens (including phenoxy) is 3. The average Bonchev–Trinajstić information content (AvgIpc) is 2.42. The molecule has 0 aromatic heterocycles. The highest BCUT2D eigenvalue weighted by Crippen LogP contribution is 2.33. The summed E-state index contributed by atoms with van der Waals surface area (Å²) < 4.78 is 17.0. The zero-order chi connectivity index (χ0) is 11.6. The first-order chi connectivity index (χ1) is 8.36. The van der Waals surface area contributed by atoms with Gasteiger partial charge in [-0.05, 0) is 13.0 Å². The number of rotatable bonds is 4. The van der Waals surface area contributed by atoms with Crippen LogP contribution in [0.2, 0.25) is 0 Å². The van der Waals surface area contributed by atoms with Crippen molar-refractivity contribution in [3.63, 3.8) is 0 Å². The molecule has 1 N–H and O–H groups in total. The van der Waals surface area contributed by atoms with Gasteiger partial charge in [0.05, 0.1) is 19.8 Å². The molecule has 4 fully saturated rings. The molecule has 5 nitrogen and oxygen atoms in total. The van der Waals surface area contributed by atoms with E-state index in [4.69, 9.17) is 14.2 Å². The van der Waals surface area contributed by atoms with Crippen molar-refractivity contribution >= 4 is 0 Å². The topological polar surface area (TPSA) is 43.0 Å². The third kappa shape index (κ3) is 2.80. The number of hydrogen-bond donors (Lipinski definition) is 1. The van der Waals surface area contributed by atoms with Gasteiger partial charge in [-0.15, -0.1) is 0 Å². The van der Waals surface area contributed by atoms with Gasteiger partial charge in [0.25, 0.3) is 5.97 Å². The molecule has 4 rings (SSSR count). The minimum absolute atomic E-state index is 0.449. The van der Waals surface area contributed by atoms with Gasteiger partial charge in [-0.1, -0.05) is 0 Å². The Hall–Kier alpha value is -0.200. The number of nitrogens with one attached hydrogen (secondary N) is 1. The summed E-state index contributed by atoms with van der Waals surface area (Å²) in [5.41, 5.74) is 0. The molecule has 0 atom stereocenters. The van der Waals surface area contributed by atoms with E-state index in [1.54, 1.807) is 0 Å². The van der Waals surface area contributed by atoms with E-state index >= 15 is 0 Å². The molecule has 0 aliphatic carbocycles. The van der Waals surface area contributed by atoms with Crippen molar-refractivity contribution in [2.75, 3.05) is 52.5 Å². The maximum Gasteiger partial charge on any atom is 0.282 e. The van der Waals surface area contributed by atoms with Crippen LogP contribution in [0.3, 0.4) is 0 Å². The molecule has 0 saturated carbocycles. The fraction of sp³-hybridized carbons (Fsp3) is 1.00. The van der Waals surface area contributed by atoms with Crippen LogP contribution in [0.4, 0.5) is 0 Å². The van der Waals surface area contributed by atoms with Crippen LogP contribution in [0.15, 0.2) is 0 Å². The highest BCUT2D eigenvalue weighted by atomic mass is 16.9. The molecule has 0 aromatic rings. The molecular formula is C12H22N2O3. The Balaban J connectivity index is 1.41. The minimum atomic E-state index is -0.706. The number of fused-ring (bicyclic) bond motifs is 3. The smallest absolute Gasteiger partial charge is 0.282 e. The van der Waals surface area contributed by atoms with Crippen LogP contribution < -0.4 is 5.32 Å². The fourth-order valence-electron chi connectivity index (χ4n) is 2.67. The van der Waals surface area contributed by atoms with Crippen LogP contribution in [0.1, 0.15) is 12.8 Å². The summed E-state index contributed by atoms with van der Waals surface area (Å²) in [4.78, 5) is 2.49. The number of piperazine rings is 1. The lowest BCUT2D eigenvalue weighted by molar-refractivity contribution is -0.450. The Bertz CT molecular complexity index is 234. The summed E-state index contributed by atoms with van der Waals surface area (Å²) in [6.45, 7) is 8.03. The van der Waals surface area contributed by atoms with Crippen molar-refractivity contribution in [3.05, 3.63) is 0 Å². The Morgan fingerprint density at radius 2 is 1.71 bits per heavy atom. The van der Waals surface area contributed by atoms with Gasteiger partial charge in [0.15, 0.2) is 0 Å². The first-order valence-electron chi connectivity index (χ1n) is 6.71. The molecular weight excluding hydrogens is 220 g/mol. The lowest BCUT2D eigenvalue weighted by Crippen LogP contribution is -2.54. The van der Waals surface area contributed by atoms with Crippen LogP contribution in [-0.4, -0.2) is 63.4 Å². The van der Waals surface area contributed by atoms with E-state index in [9.17, 15) is 0 Å². The van der Waals surface area contributed by atoms with Gasteiger partial charge in [-0.3, -0.25) is 0 Å². The summed E-state index contributed by atoms with van der Waals surface area (Å²) in [6, 6.07) is 0. The lowest BCUT2D eigenvalue weighted by Gasteiger charge is -2.45. The monoisotopic (exact) mass is 242 g/mol. The zero-order valence-corrected chi connectivity index (χ0v) is 10.3. The van der Waals surface area contributed by atoms with Gasteiger partial charge >= 0.3 is 0 Å². The highest BCUT2D eigenvalue weighted by molar-refractivity contribution is 4.76. The molecule has 0 aromatic carbocycles. The van der Waals surface area contributed by atoms with E-state index in [1.807, 2.05) is 0 Å². The van der Waals surface area contributed by atoms with Crippen LogP contribution in [0.25, 0.3) is 0 Å². The summed E-state index contributed by atoms with van der Waals surface area (Å²) in [5.74, 6) is -0.256. The first-order valence-corrected chi connectivity index (χ1v) is 6.71. The van der Waals surface area contributed by atoms with Crippen LogP contribution in [0.5, 0.6) is 0 Å². The second-order valence-corrected chi connectivity index (χ2v) is 5.18. The van der Waals surface area contributed by atoms with Gasteiger partial charge < -0.3 is 24.4 Å². The van der Waals surface area contributed by atoms with E-state index in [1.165, 1.54) is 0 Å². The average molecular weight is 242 g/mol. The van der Waals surface area contributed by atoms with Crippen LogP contribution in [0, 0.1) is 5.92 Å². The normalized spacial score (nSPS) is 38.5. The largest absolute Gasteiger partial charge is 0.327 e. The second-order valence-electron chi connectivity index (χ2n) is 5.18. The molecule has 2 bridgehead atoms. The van der Waals surface area contributed by atoms with Gasteiger partial charge in [0, 0.05) is 38.5 Å². The van der Waals surface area contributed by atoms with E-state index in [-0.39, 0.29) is 0 Å². The van der Waals surface area contributed by atoms with E-state index < -0.39 is 5.97 Å². The maximum absolute atomic E-state index is 5.68. The van der Waals surface area contributed by atoms with Crippen molar-refractivity contribution in [2.45, 2.75) is 18.8 Å². The predicted molar refractivity (Wildman–Crippen MR) is 62.6 cm³/mol. The molecule has 0 amide bonds. The molecule has 98 valence electrons.